The van der Waals surface area contributed by atoms with E-state index >= 15 is 0 Å². The zero-order valence-corrected chi connectivity index (χ0v) is 6.47. The number of nitrogens with two attached hydrogens (primary N) is 1. The monoisotopic (exact) mass is 128 g/mol. The molecule has 8 heavy (non-hydrogen) atoms. The van der Waals surface area contributed by atoms with E-state index in [9.17, 15) is 0 Å². The number of aliphatic hydroxyl groups is 1. The van der Waals surface area contributed by atoms with Gasteiger partial charge in [-0.2, -0.15) is 0 Å². The Hall–Kier alpha value is 0.646. The number of aliphatic hydroxyl groups excluding tert-OH is 1. The van der Waals surface area contributed by atoms with Gasteiger partial charge in [-0.15, -0.1) is 0 Å². The lowest BCUT2D eigenvalue weighted by atomic mass is 10.6. The highest BCUT2D eigenvalue weighted by Crippen LogP contribution is 1.51. The molecule has 0 saturated heterocycles. The molecule has 3 nitrogen and oxygen atoms in total. The van der Waals surface area contributed by atoms with Gasteiger partial charge in [0.1, 0.15) is 0 Å². The van der Waals surface area contributed by atoms with E-state index in [4.69, 9.17) is 10.8 Å². The topological polar surface area (TPSA) is 58.3 Å². The molecule has 2 radical (unpaired) electrons. The molecule has 0 aliphatic rings. The number of nitrogens with one attached hydrogen (secondary N) is 1. The minimum Gasteiger partial charge on any atom is -0.395 e. The van der Waals surface area contributed by atoms with Crippen LogP contribution < -0.4 is 11.1 Å². The fraction of sp³-hybridized carbons (Fsp3) is 1.00. The Labute approximate surface area is 65.8 Å². The third kappa shape index (κ3) is 9.82. The van der Waals surface area contributed by atoms with Gasteiger partial charge in [0, 0.05) is 42.7 Å². The molecule has 0 aliphatic heterocycles. The second-order valence-electron chi connectivity index (χ2n) is 1.26. The molecule has 0 atom stereocenters. The van der Waals surface area contributed by atoms with Gasteiger partial charge in [-0.3, -0.25) is 0 Å². The molecule has 46 valence electrons. The molecular formula is C4H12MgN2O. The number of hydrogen-bond acceptors (Lipinski definition) is 3. The number of rotatable bonds is 4. The molecule has 0 aromatic carbocycles. The SMILES string of the molecule is NCCNCCO.[Mg]. The average Bonchev–Trinajstić information content (AvgIpc) is 1.69. The fourth-order valence-electron chi connectivity index (χ4n) is 0.306. The minimum atomic E-state index is 0. The summed E-state index contributed by atoms with van der Waals surface area (Å²) in [5.74, 6) is 0. The molecule has 0 amide bonds. The predicted molar refractivity (Wildman–Crippen MR) is 34.8 cm³/mol. The molecule has 0 bridgehead atoms. The van der Waals surface area contributed by atoms with Crippen molar-refractivity contribution in [3.05, 3.63) is 0 Å². The predicted octanol–water partition coefficient (Wildman–Crippen LogP) is -1.85. The van der Waals surface area contributed by atoms with Crippen molar-refractivity contribution in [2.45, 2.75) is 0 Å². The standard InChI is InChI=1S/C4H12N2O.Mg/c5-1-2-6-3-4-7;/h6-7H,1-5H2;. The smallest absolute Gasteiger partial charge is 0.0555 e. The molecule has 0 aromatic rings. The molecule has 4 heteroatoms. The first kappa shape index (κ1) is 11.4. The summed E-state index contributed by atoms with van der Waals surface area (Å²) in [6.07, 6.45) is 0. The van der Waals surface area contributed by atoms with Crippen LogP contribution in [0.4, 0.5) is 0 Å². The highest BCUT2D eigenvalue weighted by atomic mass is 24.3. The Bertz CT molecular complexity index is 33.2. The molecular weight excluding hydrogens is 116 g/mol. The maximum absolute atomic E-state index is 8.19. The van der Waals surface area contributed by atoms with Gasteiger partial charge in [-0.1, -0.05) is 0 Å². The summed E-state index contributed by atoms with van der Waals surface area (Å²) in [4.78, 5) is 0. The van der Waals surface area contributed by atoms with E-state index in [2.05, 4.69) is 5.32 Å². The van der Waals surface area contributed by atoms with E-state index in [1.54, 1.807) is 0 Å². The van der Waals surface area contributed by atoms with Gasteiger partial charge < -0.3 is 16.2 Å². The summed E-state index contributed by atoms with van der Waals surface area (Å²) in [6.45, 7) is 2.28. The summed E-state index contributed by atoms with van der Waals surface area (Å²) in [5.41, 5.74) is 5.13. The molecule has 0 saturated carbocycles. The highest BCUT2D eigenvalue weighted by Gasteiger charge is 1.77. The van der Waals surface area contributed by atoms with Crippen LogP contribution in [0.5, 0.6) is 0 Å². The van der Waals surface area contributed by atoms with Crippen LogP contribution in [0.3, 0.4) is 0 Å². The summed E-state index contributed by atoms with van der Waals surface area (Å²) in [7, 11) is 0. The van der Waals surface area contributed by atoms with Gasteiger partial charge >= 0.3 is 0 Å². The quantitative estimate of drug-likeness (QED) is 0.308. The van der Waals surface area contributed by atoms with Crippen molar-refractivity contribution in [1.29, 1.82) is 0 Å². The summed E-state index contributed by atoms with van der Waals surface area (Å²) in [6, 6.07) is 0. The molecule has 0 unspecified atom stereocenters. The molecule has 0 fully saturated rings. The Kier molecular flexibility index (Phi) is 15.2. The Morgan fingerprint density at radius 3 is 2.38 bits per heavy atom. The first-order chi connectivity index (χ1) is 3.41. The van der Waals surface area contributed by atoms with Crippen LogP contribution in [0.15, 0.2) is 0 Å². The van der Waals surface area contributed by atoms with E-state index in [1.807, 2.05) is 0 Å². The third-order valence-electron chi connectivity index (χ3n) is 0.610. The summed E-state index contributed by atoms with van der Waals surface area (Å²) in [5, 5.41) is 11.1. The van der Waals surface area contributed by atoms with Gasteiger partial charge in [0.25, 0.3) is 0 Å². The maximum Gasteiger partial charge on any atom is 0.0555 e. The first-order valence-electron chi connectivity index (χ1n) is 2.43. The van der Waals surface area contributed by atoms with Gasteiger partial charge in [0.2, 0.25) is 0 Å². The average molecular weight is 128 g/mol. The van der Waals surface area contributed by atoms with Crippen LogP contribution in [-0.4, -0.2) is 54.4 Å². The van der Waals surface area contributed by atoms with Gasteiger partial charge in [-0.25, -0.2) is 0 Å². The molecule has 0 aromatic heterocycles. The lowest BCUT2D eigenvalue weighted by Crippen LogP contribution is -2.24. The van der Waals surface area contributed by atoms with Crippen LogP contribution in [0, 0.1) is 0 Å². The normalized spacial score (nSPS) is 8.25. The first-order valence-corrected chi connectivity index (χ1v) is 2.43. The minimum absolute atomic E-state index is 0. The van der Waals surface area contributed by atoms with Crippen LogP contribution in [0.25, 0.3) is 0 Å². The molecule has 0 heterocycles. The van der Waals surface area contributed by atoms with Crippen LogP contribution >= 0.6 is 0 Å². The van der Waals surface area contributed by atoms with Crippen molar-refractivity contribution in [3.63, 3.8) is 0 Å². The lowest BCUT2D eigenvalue weighted by molar-refractivity contribution is 0.293. The van der Waals surface area contributed by atoms with Crippen molar-refractivity contribution in [2.24, 2.45) is 5.73 Å². The second-order valence-corrected chi connectivity index (χ2v) is 1.26. The molecule has 0 spiro atoms. The van der Waals surface area contributed by atoms with Gasteiger partial charge in [-0.05, 0) is 0 Å². The van der Waals surface area contributed by atoms with E-state index in [-0.39, 0.29) is 29.7 Å². The van der Waals surface area contributed by atoms with Crippen LogP contribution in [0.1, 0.15) is 0 Å². The van der Waals surface area contributed by atoms with Gasteiger partial charge in [0.15, 0.2) is 0 Å². The van der Waals surface area contributed by atoms with Gasteiger partial charge in [0.05, 0.1) is 6.61 Å². The van der Waals surface area contributed by atoms with Crippen LogP contribution in [-0.2, 0) is 0 Å². The molecule has 0 aliphatic carbocycles. The largest absolute Gasteiger partial charge is 0.395 e. The maximum atomic E-state index is 8.19. The Morgan fingerprint density at radius 2 is 2.00 bits per heavy atom. The zero-order chi connectivity index (χ0) is 5.54. The Balaban J connectivity index is 0. The van der Waals surface area contributed by atoms with Crippen molar-refractivity contribution in [3.8, 4) is 0 Å². The summed E-state index contributed by atoms with van der Waals surface area (Å²) < 4.78 is 0. The van der Waals surface area contributed by atoms with E-state index in [0.717, 1.165) is 6.54 Å². The highest BCUT2D eigenvalue weighted by molar-refractivity contribution is 5.75. The molecule has 4 N–H and O–H groups in total. The van der Waals surface area contributed by atoms with Crippen molar-refractivity contribution in [2.75, 3.05) is 26.2 Å². The van der Waals surface area contributed by atoms with Crippen molar-refractivity contribution in [1.82, 2.24) is 5.32 Å². The van der Waals surface area contributed by atoms with E-state index in [0.29, 0.717) is 13.1 Å². The third-order valence-corrected chi connectivity index (χ3v) is 0.610. The zero-order valence-electron chi connectivity index (χ0n) is 5.06. The Morgan fingerprint density at radius 1 is 1.38 bits per heavy atom. The second kappa shape index (κ2) is 10.6. The lowest BCUT2D eigenvalue weighted by Gasteiger charge is -1.95. The van der Waals surface area contributed by atoms with E-state index in [1.165, 1.54) is 0 Å². The van der Waals surface area contributed by atoms with Crippen molar-refractivity contribution < 1.29 is 5.11 Å². The van der Waals surface area contributed by atoms with Crippen LogP contribution in [0.2, 0.25) is 0 Å². The fourth-order valence-corrected chi connectivity index (χ4v) is 0.306. The van der Waals surface area contributed by atoms with Crippen molar-refractivity contribution >= 4 is 23.1 Å². The molecule has 0 rings (SSSR count). The summed E-state index contributed by atoms with van der Waals surface area (Å²) >= 11 is 0. The number of hydrogen-bond donors (Lipinski definition) is 3. The van der Waals surface area contributed by atoms with E-state index < -0.39 is 0 Å².